The van der Waals surface area contributed by atoms with Crippen LogP contribution in [0.2, 0.25) is 0 Å². The van der Waals surface area contributed by atoms with Gasteiger partial charge in [-0.1, -0.05) is 0 Å². The van der Waals surface area contributed by atoms with E-state index in [0.29, 0.717) is 12.1 Å². The molecule has 0 saturated heterocycles. The molecule has 2 aromatic rings. The van der Waals surface area contributed by atoms with Crippen molar-refractivity contribution in [2.24, 2.45) is 0 Å². The zero-order valence-corrected chi connectivity index (χ0v) is 11.0. The van der Waals surface area contributed by atoms with Crippen LogP contribution in [0.4, 0.5) is 8.78 Å². The summed E-state index contributed by atoms with van der Waals surface area (Å²) in [6, 6.07) is 2.60. The summed E-state index contributed by atoms with van der Waals surface area (Å²) in [6.07, 6.45) is 0. The van der Waals surface area contributed by atoms with E-state index in [9.17, 15) is 18.4 Å². The smallest absolute Gasteiger partial charge is 0.336 e. The van der Waals surface area contributed by atoms with Crippen LogP contribution in [0.5, 0.6) is 5.75 Å². The van der Waals surface area contributed by atoms with E-state index in [0.717, 1.165) is 11.3 Å². The molecule has 0 aliphatic heterocycles. The lowest BCUT2D eigenvalue weighted by Gasteiger charge is -2.06. The first-order valence-corrected chi connectivity index (χ1v) is 6.22. The number of halogens is 2. The Kier molecular flexibility index (Phi) is 3.80. The molecule has 0 spiro atoms. The normalized spacial score (nSPS) is 10.3. The number of carbonyl (C=O) groups excluding carboxylic acids is 1. The van der Waals surface area contributed by atoms with Gasteiger partial charge in [-0.2, -0.15) is 0 Å². The van der Waals surface area contributed by atoms with Crippen molar-refractivity contribution in [2.45, 2.75) is 0 Å². The Morgan fingerprint density at radius 2 is 1.80 bits per heavy atom. The second kappa shape index (κ2) is 5.38. The van der Waals surface area contributed by atoms with E-state index in [1.54, 1.807) is 5.38 Å². The van der Waals surface area contributed by atoms with Crippen LogP contribution >= 0.6 is 11.3 Å². The summed E-state index contributed by atoms with van der Waals surface area (Å²) < 4.78 is 31.3. The minimum atomic E-state index is -1.51. The van der Waals surface area contributed by atoms with Crippen molar-refractivity contribution in [3.05, 3.63) is 51.2 Å². The van der Waals surface area contributed by atoms with Gasteiger partial charge in [0.25, 0.3) is 0 Å². The molecule has 0 aliphatic rings. The number of methoxy groups -OCH3 is 1. The number of hydrogen-bond donors (Lipinski definition) is 1. The first kappa shape index (κ1) is 14.1. The fourth-order valence-electron chi connectivity index (χ4n) is 1.66. The van der Waals surface area contributed by atoms with Crippen LogP contribution in [0, 0.1) is 11.6 Å². The molecule has 1 aromatic carbocycles. The molecule has 0 unspecified atom stereocenters. The van der Waals surface area contributed by atoms with Crippen molar-refractivity contribution in [1.29, 1.82) is 0 Å². The van der Waals surface area contributed by atoms with Crippen LogP contribution in [-0.4, -0.2) is 24.0 Å². The Balaban J connectivity index is 2.60. The number of thiophene rings is 1. The molecule has 0 aliphatic carbocycles. The van der Waals surface area contributed by atoms with Crippen molar-refractivity contribution in [3.8, 4) is 5.75 Å². The third kappa shape index (κ3) is 2.39. The maximum absolute atomic E-state index is 13.3. The Labute approximate surface area is 116 Å². The zero-order valence-electron chi connectivity index (χ0n) is 10.1. The highest BCUT2D eigenvalue weighted by Crippen LogP contribution is 2.29. The van der Waals surface area contributed by atoms with E-state index in [2.05, 4.69) is 0 Å². The van der Waals surface area contributed by atoms with Crippen molar-refractivity contribution in [1.82, 2.24) is 0 Å². The van der Waals surface area contributed by atoms with Crippen molar-refractivity contribution >= 4 is 23.1 Å². The Hall–Kier alpha value is -2.28. The van der Waals surface area contributed by atoms with Crippen LogP contribution < -0.4 is 4.74 Å². The minimum absolute atomic E-state index is 0.126. The number of hydrogen-bond acceptors (Lipinski definition) is 4. The molecule has 7 heteroatoms. The molecule has 1 aromatic heterocycles. The summed E-state index contributed by atoms with van der Waals surface area (Å²) >= 11 is 1.02. The van der Waals surface area contributed by atoms with Gasteiger partial charge in [0.05, 0.1) is 12.7 Å². The SMILES string of the molecule is COc1ccsc1C(=O)c1cc(F)c(F)cc1C(=O)O. The third-order valence-electron chi connectivity index (χ3n) is 2.59. The third-order valence-corrected chi connectivity index (χ3v) is 3.49. The number of carbonyl (C=O) groups is 2. The number of carboxylic acid groups (broad SMARTS) is 1. The van der Waals surface area contributed by atoms with Gasteiger partial charge >= 0.3 is 5.97 Å². The first-order chi connectivity index (χ1) is 9.45. The number of benzene rings is 1. The van der Waals surface area contributed by atoms with Gasteiger partial charge in [0, 0.05) is 5.56 Å². The molecule has 0 fully saturated rings. The number of ketones is 1. The molecule has 0 amide bonds. The maximum atomic E-state index is 13.3. The number of carboxylic acids is 1. The molecule has 4 nitrogen and oxygen atoms in total. The molecule has 0 bridgehead atoms. The van der Waals surface area contributed by atoms with Gasteiger partial charge in [0.2, 0.25) is 5.78 Å². The summed E-state index contributed by atoms with van der Waals surface area (Å²) in [7, 11) is 1.35. The summed E-state index contributed by atoms with van der Waals surface area (Å²) in [4.78, 5) is 23.4. The highest BCUT2D eigenvalue weighted by atomic mass is 32.1. The maximum Gasteiger partial charge on any atom is 0.336 e. The van der Waals surface area contributed by atoms with E-state index >= 15 is 0 Å². The van der Waals surface area contributed by atoms with Gasteiger partial charge in [0.15, 0.2) is 11.6 Å². The first-order valence-electron chi connectivity index (χ1n) is 5.34. The van der Waals surface area contributed by atoms with Crippen LogP contribution in [0.15, 0.2) is 23.6 Å². The minimum Gasteiger partial charge on any atom is -0.495 e. The van der Waals surface area contributed by atoms with Crippen molar-refractivity contribution in [2.75, 3.05) is 7.11 Å². The lowest BCUT2D eigenvalue weighted by Crippen LogP contribution is -2.11. The molecule has 0 atom stereocenters. The molecule has 0 radical (unpaired) electrons. The molecular weight excluding hydrogens is 290 g/mol. The van der Waals surface area contributed by atoms with Gasteiger partial charge in [-0.05, 0) is 23.6 Å². The van der Waals surface area contributed by atoms with Crippen LogP contribution in [-0.2, 0) is 0 Å². The topological polar surface area (TPSA) is 63.6 Å². The summed E-state index contributed by atoms with van der Waals surface area (Å²) in [5.41, 5.74) is -1.01. The van der Waals surface area contributed by atoms with Crippen LogP contribution in [0.1, 0.15) is 25.6 Å². The van der Waals surface area contributed by atoms with E-state index in [1.807, 2.05) is 0 Å². The van der Waals surface area contributed by atoms with Crippen molar-refractivity contribution < 1.29 is 28.2 Å². The van der Waals surface area contributed by atoms with Gasteiger partial charge in [0.1, 0.15) is 10.6 Å². The van der Waals surface area contributed by atoms with Crippen LogP contribution in [0.25, 0.3) is 0 Å². The van der Waals surface area contributed by atoms with E-state index < -0.39 is 34.5 Å². The molecule has 0 saturated carbocycles. The van der Waals surface area contributed by atoms with E-state index in [4.69, 9.17) is 9.84 Å². The van der Waals surface area contributed by atoms with Gasteiger partial charge < -0.3 is 9.84 Å². The predicted molar refractivity (Wildman–Crippen MR) is 67.6 cm³/mol. The molecule has 1 heterocycles. The Morgan fingerprint density at radius 3 is 2.35 bits per heavy atom. The molecule has 104 valence electrons. The number of aromatic carboxylic acids is 1. The standard InChI is InChI=1S/C13H8F2O4S/c1-19-10-2-3-20-12(10)11(16)6-4-8(14)9(15)5-7(6)13(17)18/h2-5H,1H3,(H,17,18). The highest BCUT2D eigenvalue weighted by Gasteiger charge is 2.24. The molecule has 2 rings (SSSR count). The Bertz CT molecular complexity index is 694. The Morgan fingerprint density at radius 1 is 1.20 bits per heavy atom. The fraction of sp³-hybridized carbons (Fsp3) is 0.0769. The number of ether oxygens (including phenoxy) is 1. The number of rotatable bonds is 4. The summed E-state index contributed by atoms with van der Waals surface area (Å²) in [5.74, 6) is -4.59. The zero-order chi connectivity index (χ0) is 14.9. The second-order valence-corrected chi connectivity index (χ2v) is 4.68. The average Bonchev–Trinajstić information content (AvgIpc) is 2.88. The monoisotopic (exact) mass is 298 g/mol. The fourth-order valence-corrected chi connectivity index (χ4v) is 2.47. The van der Waals surface area contributed by atoms with Crippen LogP contribution in [0.3, 0.4) is 0 Å². The van der Waals surface area contributed by atoms with Gasteiger partial charge in [-0.15, -0.1) is 11.3 Å². The predicted octanol–water partition coefficient (Wildman–Crippen LogP) is 2.96. The molecular formula is C13H8F2O4S. The molecule has 20 heavy (non-hydrogen) atoms. The summed E-state index contributed by atoms with van der Waals surface area (Å²) in [6.45, 7) is 0. The quantitative estimate of drug-likeness (QED) is 0.881. The lowest BCUT2D eigenvalue weighted by atomic mass is 10.0. The van der Waals surface area contributed by atoms with Gasteiger partial charge in [-0.3, -0.25) is 4.79 Å². The second-order valence-electron chi connectivity index (χ2n) is 3.76. The van der Waals surface area contributed by atoms with Gasteiger partial charge in [-0.25, -0.2) is 13.6 Å². The summed E-state index contributed by atoms with van der Waals surface area (Å²) in [5, 5.41) is 10.6. The van der Waals surface area contributed by atoms with E-state index in [1.165, 1.54) is 13.2 Å². The van der Waals surface area contributed by atoms with E-state index in [-0.39, 0.29) is 10.6 Å². The highest BCUT2D eigenvalue weighted by molar-refractivity contribution is 7.12. The average molecular weight is 298 g/mol. The van der Waals surface area contributed by atoms with Crippen molar-refractivity contribution in [3.63, 3.8) is 0 Å². The molecule has 1 N–H and O–H groups in total. The lowest BCUT2D eigenvalue weighted by molar-refractivity contribution is 0.0692. The largest absolute Gasteiger partial charge is 0.495 e.